The van der Waals surface area contributed by atoms with Crippen molar-refractivity contribution in [2.75, 3.05) is 25.4 Å². The zero-order valence-electron chi connectivity index (χ0n) is 12.3. The summed E-state index contributed by atoms with van der Waals surface area (Å²) in [5.41, 5.74) is 6.88. The molecule has 2 N–H and O–H groups in total. The van der Waals surface area contributed by atoms with Gasteiger partial charge in [0.25, 0.3) is 5.91 Å². The van der Waals surface area contributed by atoms with E-state index in [1.807, 2.05) is 20.8 Å². The first kappa shape index (κ1) is 14.7. The second-order valence-corrected chi connectivity index (χ2v) is 5.16. The Morgan fingerprint density at radius 3 is 2.65 bits per heavy atom. The van der Waals surface area contributed by atoms with Gasteiger partial charge in [-0.3, -0.25) is 4.79 Å². The Labute approximate surface area is 119 Å². The number of rotatable bonds is 3. The fourth-order valence-electron chi connectivity index (χ4n) is 2.51. The molecule has 1 amide bonds. The number of morpholine rings is 1. The molecule has 0 saturated carbocycles. The quantitative estimate of drug-likeness (QED) is 0.858. The number of carbonyl (C=O) groups excluding carboxylic acids is 1. The maximum atomic E-state index is 12.7. The average molecular weight is 278 g/mol. The standard InChI is InChI=1S/C15H22N2O3/c1-4-19-14-6-5-12(16)7-13(14)15(18)17-8-10(2)20-11(3)9-17/h5-7,10-11H,4,8-9,16H2,1-3H3/t10-,11-/m0/s1. The maximum absolute atomic E-state index is 12.7. The number of nitrogens with two attached hydrogens (primary N) is 1. The molecule has 0 unspecified atom stereocenters. The molecule has 1 heterocycles. The highest BCUT2D eigenvalue weighted by Gasteiger charge is 2.28. The Balaban J connectivity index is 2.25. The van der Waals surface area contributed by atoms with Crippen LogP contribution in [0.5, 0.6) is 5.75 Å². The first-order valence-electron chi connectivity index (χ1n) is 6.98. The van der Waals surface area contributed by atoms with Crippen LogP contribution in [0.4, 0.5) is 5.69 Å². The summed E-state index contributed by atoms with van der Waals surface area (Å²) in [5, 5.41) is 0. The summed E-state index contributed by atoms with van der Waals surface area (Å²) >= 11 is 0. The number of ether oxygens (including phenoxy) is 2. The Kier molecular flexibility index (Phi) is 4.49. The number of nitrogens with zero attached hydrogens (tertiary/aromatic N) is 1. The molecule has 1 saturated heterocycles. The molecule has 0 aromatic heterocycles. The van der Waals surface area contributed by atoms with E-state index >= 15 is 0 Å². The fourth-order valence-corrected chi connectivity index (χ4v) is 2.51. The molecule has 0 aliphatic carbocycles. The summed E-state index contributed by atoms with van der Waals surface area (Å²) in [7, 11) is 0. The first-order valence-corrected chi connectivity index (χ1v) is 6.98. The molecule has 1 aliphatic heterocycles. The third-order valence-electron chi connectivity index (χ3n) is 3.24. The molecular weight excluding hydrogens is 256 g/mol. The SMILES string of the molecule is CCOc1ccc(N)cc1C(=O)N1C[C@H](C)O[C@@H](C)C1. The van der Waals surface area contributed by atoms with Gasteiger partial charge in [0.2, 0.25) is 0 Å². The summed E-state index contributed by atoms with van der Waals surface area (Å²) < 4.78 is 11.2. The molecule has 1 aromatic rings. The van der Waals surface area contributed by atoms with Crippen molar-refractivity contribution in [1.29, 1.82) is 0 Å². The second kappa shape index (κ2) is 6.13. The van der Waals surface area contributed by atoms with Gasteiger partial charge in [0.15, 0.2) is 0 Å². The number of benzene rings is 1. The van der Waals surface area contributed by atoms with Crippen molar-refractivity contribution >= 4 is 11.6 Å². The van der Waals surface area contributed by atoms with Crippen LogP contribution in [0.3, 0.4) is 0 Å². The molecule has 2 atom stereocenters. The Morgan fingerprint density at radius 1 is 1.40 bits per heavy atom. The number of hydrogen-bond donors (Lipinski definition) is 1. The molecule has 1 fully saturated rings. The van der Waals surface area contributed by atoms with Crippen molar-refractivity contribution in [3.05, 3.63) is 23.8 Å². The molecule has 0 bridgehead atoms. The minimum atomic E-state index is -0.0530. The molecule has 0 spiro atoms. The van der Waals surface area contributed by atoms with E-state index in [1.54, 1.807) is 23.1 Å². The van der Waals surface area contributed by atoms with Crippen molar-refractivity contribution in [3.8, 4) is 5.75 Å². The van der Waals surface area contributed by atoms with E-state index in [0.29, 0.717) is 36.7 Å². The van der Waals surface area contributed by atoms with E-state index in [-0.39, 0.29) is 18.1 Å². The van der Waals surface area contributed by atoms with Crippen molar-refractivity contribution < 1.29 is 14.3 Å². The largest absolute Gasteiger partial charge is 0.493 e. The Bertz CT molecular complexity index is 480. The normalized spacial score (nSPS) is 22.6. The highest BCUT2D eigenvalue weighted by atomic mass is 16.5. The number of anilines is 1. The van der Waals surface area contributed by atoms with Crippen LogP contribution in [-0.2, 0) is 4.74 Å². The first-order chi connectivity index (χ1) is 9.51. The third kappa shape index (κ3) is 3.22. The second-order valence-electron chi connectivity index (χ2n) is 5.16. The molecule has 20 heavy (non-hydrogen) atoms. The van der Waals surface area contributed by atoms with Crippen LogP contribution in [0.15, 0.2) is 18.2 Å². The lowest BCUT2D eigenvalue weighted by Crippen LogP contribution is -2.48. The van der Waals surface area contributed by atoms with Crippen LogP contribution in [-0.4, -0.2) is 42.7 Å². The molecular formula is C15H22N2O3. The van der Waals surface area contributed by atoms with Gasteiger partial charge in [0.1, 0.15) is 5.75 Å². The predicted molar refractivity (Wildman–Crippen MR) is 77.9 cm³/mol. The molecule has 110 valence electrons. The van der Waals surface area contributed by atoms with Gasteiger partial charge >= 0.3 is 0 Å². The van der Waals surface area contributed by atoms with Crippen LogP contribution in [0, 0.1) is 0 Å². The van der Waals surface area contributed by atoms with Gasteiger partial charge < -0.3 is 20.1 Å². The van der Waals surface area contributed by atoms with Gasteiger partial charge in [-0.05, 0) is 39.0 Å². The van der Waals surface area contributed by atoms with E-state index in [9.17, 15) is 4.79 Å². The maximum Gasteiger partial charge on any atom is 0.257 e. The summed E-state index contributed by atoms with van der Waals surface area (Å²) in [6, 6.07) is 5.17. The predicted octanol–water partition coefficient (Wildman–Crippen LogP) is 1.92. The van der Waals surface area contributed by atoms with Crippen LogP contribution in [0.1, 0.15) is 31.1 Å². The van der Waals surface area contributed by atoms with E-state index in [4.69, 9.17) is 15.2 Å². The molecule has 5 nitrogen and oxygen atoms in total. The van der Waals surface area contributed by atoms with Crippen molar-refractivity contribution in [3.63, 3.8) is 0 Å². The van der Waals surface area contributed by atoms with Crippen molar-refractivity contribution in [2.45, 2.75) is 33.0 Å². The van der Waals surface area contributed by atoms with Crippen LogP contribution in [0.2, 0.25) is 0 Å². The number of hydrogen-bond acceptors (Lipinski definition) is 4. The fraction of sp³-hybridized carbons (Fsp3) is 0.533. The van der Waals surface area contributed by atoms with Crippen molar-refractivity contribution in [2.24, 2.45) is 0 Å². The minimum absolute atomic E-state index is 0.0410. The topological polar surface area (TPSA) is 64.8 Å². The average Bonchev–Trinajstić information content (AvgIpc) is 2.39. The van der Waals surface area contributed by atoms with E-state index in [2.05, 4.69) is 0 Å². The highest BCUT2D eigenvalue weighted by Crippen LogP contribution is 2.24. The van der Waals surface area contributed by atoms with Gasteiger partial charge in [-0.25, -0.2) is 0 Å². The zero-order valence-corrected chi connectivity index (χ0v) is 12.3. The van der Waals surface area contributed by atoms with Gasteiger partial charge in [0.05, 0.1) is 24.4 Å². The molecule has 5 heteroatoms. The summed E-state index contributed by atoms with van der Waals surface area (Å²) in [5.74, 6) is 0.529. The number of nitrogen functional groups attached to an aromatic ring is 1. The number of amides is 1. The summed E-state index contributed by atoms with van der Waals surface area (Å²) in [6.07, 6.45) is 0.0820. The minimum Gasteiger partial charge on any atom is -0.493 e. The molecule has 1 aromatic carbocycles. The van der Waals surface area contributed by atoms with Crippen LogP contribution in [0.25, 0.3) is 0 Å². The van der Waals surface area contributed by atoms with Crippen LogP contribution >= 0.6 is 0 Å². The Hall–Kier alpha value is -1.75. The van der Waals surface area contributed by atoms with E-state index < -0.39 is 0 Å². The lowest BCUT2D eigenvalue weighted by Gasteiger charge is -2.35. The van der Waals surface area contributed by atoms with Gasteiger partial charge in [-0.1, -0.05) is 0 Å². The highest BCUT2D eigenvalue weighted by molar-refractivity contribution is 5.98. The summed E-state index contributed by atoms with van der Waals surface area (Å²) in [4.78, 5) is 14.5. The number of carbonyl (C=O) groups is 1. The molecule has 1 aliphatic rings. The van der Waals surface area contributed by atoms with Gasteiger partial charge in [-0.2, -0.15) is 0 Å². The van der Waals surface area contributed by atoms with Gasteiger partial charge in [0, 0.05) is 18.8 Å². The lowest BCUT2D eigenvalue weighted by atomic mass is 10.1. The third-order valence-corrected chi connectivity index (χ3v) is 3.24. The smallest absolute Gasteiger partial charge is 0.257 e. The molecule has 2 rings (SSSR count). The van der Waals surface area contributed by atoms with E-state index in [1.165, 1.54) is 0 Å². The van der Waals surface area contributed by atoms with E-state index in [0.717, 1.165) is 0 Å². The molecule has 0 radical (unpaired) electrons. The van der Waals surface area contributed by atoms with Crippen LogP contribution < -0.4 is 10.5 Å². The van der Waals surface area contributed by atoms with Gasteiger partial charge in [-0.15, -0.1) is 0 Å². The summed E-state index contributed by atoms with van der Waals surface area (Å²) in [6.45, 7) is 7.52. The monoisotopic (exact) mass is 278 g/mol. The van der Waals surface area contributed by atoms with Crippen molar-refractivity contribution in [1.82, 2.24) is 4.90 Å². The zero-order chi connectivity index (χ0) is 14.7. The Morgan fingerprint density at radius 2 is 2.05 bits per heavy atom. The lowest BCUT2D eigenvalue weighted by molar-refractivity contribution is -0.0586.